The van der Waals surface area contributed by atoms with E-state index in [1.165, 1.54) is 0 Å². The molecule has 0 spiro atoms. The average molecular weight is 350 g/mol. The van der Waals surface area contributed by atoms with E-state index in [9.17, 15) is 9.59 Å². The van der Waals surface area contributed by atoms with E-state index in [4.69, 9.17) is 0 Å². The molecular weight excluding hydrogens is 322 g/mol. The van der Waals surface area contributed by atoms with E-state index in [0.717, 1.165) is 36.5 Å². The molecule has 2 rings (SSSR count). The Kier molecular flexibility index (Phi) is 8.12. The molecule has 1 saturated heterocycles. The number of hydrogen-bond acceptors (Lipinski definition) is 4. The summed E-state index contributed by atoms with van der Waals surface area (Å²) in [6.45, 7) is 4.28. The number of hydrogen-bond donors (Lipinski definition) is 3. The second kappa shape index (κ2) is 10.4. The van der Waals surface area contributed by atoms with Crippen LogP contribution in [0.4, 0.5) is 0 Å². The molecule has 1 fully saturated rings. The van der Waals surface area contributed by atoms with E-state index in [1.807, 2.05) is 36.0 Å². The number of carbonyl (C=O) groups is 2. The van der Waals surface area contributed by atoms with Gasteiger partial charge in [0.1, 0.15) is 0 Å². The van der Waals surface area contributed by atoms with E-state index in [-0.39, 0.29) is 17.9 Å². The molecule has 132 valence electrons. The van der Waals surface area contributed by atoms with Crippen LogP contribution in [0.2, 0.25) is 0 Å². The summed E-state index contributed by atoms with van der Waals surface area (Å²) >= 11 is 1.89. The van der Waals surface area contributed by atoms with Crippen molar-refractivity contribution in [2.24, 2.45) is 0 Å². The SMILES string of the molecule is CCCCNC(=O)c1ccc(CNC(=O)CC2CSCCN2)cc1. The fourth-order valence-electron chi connectivity index (χ4n) is 2.50. The molecule has 0 saturated carbocycles. The Morgan fingerprint density at radius 3 is 2.71 bits per heavy atom. The van der Waals surface area contributed by atoms with Crippen molar-refractivity contribution in [1.82, 2.24) is 16.0 Å². The lowest BCUT2D eigenvalue weighted by atomic mass is 10.1. The predicted octanol–water partition coefficient (Wildman–Crippen LogP) is 1.93. The zero-order valence-corrected chi connectivity index (χ0v) is 15.1. The monoisotopic (exact) mass is 349 g/mol. The first-order valence-electron chi connectivity index (χ1n) is 8.64. The summed E-state index contributed by atoms with van der Waals surface area (Å²) in [6, 6.07) is 7.68. The van der Waals surface area contributed by atoms with Gasteiger partial charge in [0.15, 0.2) is 0 Å². The summed E-state index contributed by atoms with van der Waals surface area (Å²) in [4.78, 5) is 23.9. The molecule has 5 nitrogen and oxygen atoms in total. The van der Waals surface area contributed by atoms with Gasteiger partial charge in [0.2, 0.25) is 5.91 Å². The quantitative estimate of drug-likeness (QED) is 0.627. The molecule has 1 aliphatic rings. The maximum absolute atomic E-state index is 12.0. The fourth-order valence-corrected chi connectivity index (χ4v) is 3.45. The first kappa shape index (κ1) is 18.8. The Hall–Kier alpha value is -1.53. The highest BCUT2D eigenvalue weighted by Gasteiger charge is 2.16. The van der Waals surface area contributed by atoms with Crippen LogP contribution in [0.1, 0.15) is 42.1 Å². The van der Waals surface area contributed by atoms with Gasteiger partial charge in [-0.15, -0.1) is 0 Å². The third-order valence-corrected chi connectivity index (χ3v) is 5.08. The highest BCUT2D eigenvalue weighted by molar-refractivity contribution is 7.99. The normalized spacial score (nSPS) is 17.3. The Morgan fingerprint density at radius 2 is 2.04 bits per heavy atom. The molecule has 1 aromatic rings. The minimum Gasteiger partial charge on any atom is -0.352 e. The molecule has 2 amide bonds. The Labute approximate surface area is 148 Å². The number of nitrogens with one attached hydrogen (secondary N) is 3. The van der Waals surface area contributed by atoms with Gasteiger partial charge in [-0.25, -0.2) is 0 Å². The molecule has 0 radical (unpaired) electrons. The molecule has 0 bridgehead atoms. The number of unbranched alkanes of at least 4 members (excludes halogenated alkanes) is 1. The van der Waals surface area contributed by atoms with Gasteiger partial charge in [-0.1, -0.05) is 25.5 Å². The Bertz CT molecular complexity index is 528. The topological polar surface area (TPSA) is 70.2 Å². The molecule has 0 aromatic heterocycles. The largest absolute Gasteiger partial charge is 0.352 e. The maximum Gasteiger partial charge on any atom is 0.251 e. The molecule has 24 heavy (non-hydrogen) atoms. The van der Waals surface area contributed by atoms with Gasteiger partial charge < -0.3 is 16.0 Å². The Balaban J connectivity index is 1.72. The van der Waals surface area contributed by atoms with Gasteiger partial charge in [0.05, 0.1) is 0 Å². The lowest BCUT2D eigenvalue weighted by molar-refractivity contribution is -0.121. The van der Waals surface area contributed by atoms with Gasteiger partial charge in [-0.05, 0) is 24.1 Å². The zero-order chi connectivity index (χ0) is 17.2. The average Bonchev–Trinajstić information content (AvgIpc) is 2.61. The van der Waals surface area contributed by atoms with Crippen molar-refractivity contribution in [2.75, 3.05) is 24.6 Å². The number of benzene rings is 1. The van der Waals surface area contributed by atoms with E-state index < -0.39 is 0 Å². The number of thioether (sulfide) groups is 1. The summed E-state index contributed by atoms with van der Waals surface area (Å²) < 4.78 is 0. The van der Waals surface area contributed by atoms with E-state index >= 15 is 0 Å². The first-order valence-corrected chi connectivity index (χ1v) is 9.79. The number of amides is 2. The van der Waals surface area contributed by atoms with Crippen molar-refractivity contribution in [3.8, 4) is 0 Å². The highest BCUT2D eigenvalue weighted by Crippen LogP contribution is 2.10. The van der Waals surface area contributed by atoms with Crippen molar-refractivity contribution < 1.29 is 9.59 Å². The molecule has 1 aromatic carbocycles. The van der Waals surface area contributed by atoms with Crippen molar-refractivity contribution in [3.05, 3.63) is 35.4 Å². The van der Waals surface area contributed by atoms with Crippen molar-refractivity contribution in [3.63, 3.8) is 0 Å². The molecule has 6 heteroatoms. The van der Waals surface area contributed by atoms with Crippen molar-refractivity contribution in [2.45, 2.75) is 38.8 Å². The van der Waals surface area contributed by atoms with Gasteiger partial charge in [0, 0.05) is 49.2 Å². The smallest absolute Gasteiger partial charge is 0.251 e. The summed E-state index contributed by atoms with van der Waals surface area (Å²) in [5, 5.41) is 9.21. The number of rotatable bonds is 8. The molecule has 1 unspecified atom stereocenters. The molecular formula is C18H27N3O2S. The fraction of sp³-hybridized carbons (Fsp3) is 0.556. The lowest BCUT2D eigenvalue weighted by Crippen LogP contribution is -2.41. The van der Waals surface area contributed by atoms with Crippen LogP contribution < -0.4 is 16.0 Å². The highest BCUT2D eigenvalue weighted by atomic mass is 32.2. The van der Waals surface area contributed by atoms with Crippen LogP contribution in [0.25, 0.3) is 0 Å². The Morgan fingerprint density at radius 1 is 1.25 bits per heavy atom. The lowest BCUT2D eigenvalue weighted by Gasteiger charge is -2.22. The van der Waals surface area contributed by atoms with Crippen LogP contribution in [-0.2, 0) is 11.3 Å². The molecule has 1 aliphatic heterocycles. The zero-order valence-electron chi connectivity index (χ0n) is 14.3. The first-order chi connectivity index (χ1) is 11.7. The standard InChI is InChI=1S/C18H27N3O2S/c1-2-3-8-20-18(23)15-6-4-14(5-7-15)12-21-17(22)11-16-13-24-10-9-19-16/h4-7,16,19H,2-3,8-13H2,1H3,(H,20,23)(H,21,22). The van der Waals surface area contributed by atoms with Gasteiger partial charge in [-0.2, -0.15) is 11.8 Å². The van der Waals surface area contributed by atoms with E-state index in [1.54, 1.807) is 0 Å². The second-order valence-electron chi connectivity index (χ2n) is 6.01. The molecule has 1 heterocycles. The van der Waals surface area contributed by atoms with Crippen LogP contribution in [0.15, 0.2) is 24.3 Å². The maximum atomic E-state index is 12.0. The predicted molar refractivity (Wildman–Crippen MR) is 99.3 cm³/mol. The van der Waals surface area contributed by atoms with Crippen LogP contribution in [0, 0.1) is 0 Å². The van der Waals surface area contributed by atoms with E-state index in [0.29, 0.717) is 25.1 Å². The van der Waals surface area contributed by atoms with Crippen molar-refractivity contribution in [1.29, 1.82) is 0 Å². The van der Waals surface area contributed by atoms with Gasteiger partial charge in [0.25, 0.3) is 5.91 Å². The van der Waals surface area contributed by atoms with Crippen LogP contribution in [0.3, 0.4) is 0 Å². The van der Waals surface area contributed by atoms with E-state index in [2.05, 4.69) is 22.9 Å². The van der Waals surface area contributed by atoms with Crippen LogP contribution in [0.5, 0.6) is 0 Å². The van der Waals surface area contributed by atoms with Crippen LogP contribution >= 0.6 is 11.8 Å². The van der Waals surface area contributed by atoms with Gasteiger partial charge in [-0.3, -0.25) is 9.59 Å². The molecule has 3 N–H and O–H groups in total. The minimum atomic E-state index is -0.0418. The third kappa shape index (κ3) is 6.53. The van der Waals surface area contributed by atoms with Gasteiger partial charge >= 0.3 is 0 Å². The third-order valence-electron chi connectivity index (χ3n) is 3.95. The summed E-state index contributed by atoms with van der Waals surface area (Å²) in [7, 11) is 0. The van der Waals surface area contributed by atoms with Crippen LogP contribution in [-0.4, -0.2) is 42.5 Å². The summed E-state index contributed by atoms with van der Waals surface area (Å²) in [5.41, 5.74) is 1.66. The summed E-state index contributed by atoms with van der Waals surface area (Å²) in [5.74, 6) is 2.14. The second-order valence-corrected chi connectivity index (χ2v) is 7.16. The minimum absolute atomic E-state index is 0.0418. The summed E-state index contributed by atoms with van der Waals surface area (Å²) in [6.07, 6.45) is 2.57. The molecule has 1 atom stereocenters. The number of carbonyl (C=O) groups excluding carboxylic acids is 2. The molecule has 0 aliphatic carbocycles. The van der Waals surface area contributed by atoms with Crippen molar-refractivity contribution >= 4 is 23.6 Å².